The zero-order valence-electron chi connectivity index (χ0n) is 14.3. The molecule has 2 aromatic rings. The van der Waals surface area contributed by atoms with Crippen LogP contribution in [0.4, 0.5) is 0 Å². The molecule has 1 aliphatic carbocycles. The Kier molecular flexibility index (Phi) is 5.76. The van der Waals surface area contributed by atoms with Crippen molar-refractivity contribution in [2.45, 2.75) is 44.3 Å². The fourth-order valence-electron chi connectivity index (χ4n) is 3.39. The van der Waals surface area contributed by atoms with Crippen LogP contribution in [0.25, 0.3) is 0 Å². The third-order valence-electron chi connectivity index (χ3n) is 4.92. The average molecular weight is 361 g/mol. The number of benzene rings is 1. The van der Waals surface area contributed by atoms with Crippen LogP contribution in [0.2, 0.25) is 0 Å². The molecule has 1 aromatic carbocycles. The van der Waals surface area contributed by atoms with E-state index in [1.54, 1.807) is 0 Å². The molecule has 1 saturated carbocycles. The van der Waals surface area contributed by atoms with Gasteiger partial charge in [0, 0.05) is 25.3 Å². The van der Waals surface area contributed by atoms with Gasteiger partial charge in [-0.3, -0.25) is 9.48 Å². The number of carbonyl (C=O) groups excluding carboxylic acids is 1. The summed E-state index contributed by atoms with van der Waals surface area (Å²) in [5.74, 6) is 0.0591. The standard InChI is InChI=1S/C19H24N4O.ClH/c24-19(18-10-12-23(21-18)17-7-4-11-20-13-17)22(16-8-9-16)14-15-5-2-1-3-6-15;/h1-3,5-6,10,12,16-17,20H,4,7-9,11,13-14H2;1H. The normalized spacial score (nSPS) is 19.9. The van der Waals surface area contributed by atoms with Gasteiger partial charge in [0.25, 0.3) is 5.91 Å². The van der Waals surface area contributed by atoms with Gasteiger partial charge in [-0.15, -0.1) is 12.4 Å². The predicted molar refractivity (Wildman–Crippen MR) is 100.0 cm³/mol. The first-order chi connectivity index (χ1) is 11.8. The summed E-state index contributed by atoms with van der Waals surface area (Å²) in [6.45, 7) is 2.68. The summed E-state index contributed by atoms with van der Waals surface area (Å²) in [6.07, 6.45) is 6.45. The molecule has 2 aliphatic rings. The van der Waals surface area contributed by atoms with Gasteiger partial charge in [0.1, 0.15) is 5.69 Å². The minimum absolute atomic E-state index is 0. The summed E-state index contributed by atoms with van der Waals surface area (Å²) in [5, 5.41) is 7.99. The Morgan fingerprint density at radius 1 is 1.20 bits per heavy atom. The molecule has 2 fully saturated rings. The number of rotatable bonds is 5. The zero-order valence-corrected chi connectivity index (χ0v) is 15.1. The first-order valence-corrected chi connectivity index (χ1v) is 8.92. The number of carbonyl (C=O) groups is 1. The summed E-state index contributed by atoms with van der Waals surface area (Å²) in [4.78, 5) is 14.9. The molecule has 0 bridgehead atoms. The number of amides is 1. The highest BCUT2D eigenvalue weighted by Crippen LogP contribution is 2.29. The average Bonchev–Trinajstić information content (AvgIpc) is 3.36. The number of nitrogens with zero attached hydrogens (tertiary/aromatic N) is 3. The number of aromatic nitrogens is 2. The summed E-state index contributed by atoms with van der Waals surface area (Å²) in [6, 6.07) is 12.8. The molecule has 0 radical (unpaired) electrons. The SMILES string of the molecule is Cl.O=C(c1ccn(C2CCCNC2)n1)N(Cc1ccccc1)C1CC1. The van der Waals surface area contributed by atoms with Crippen LogP contribution >= 0.6 is 12.4 Å². The van der Waals surface area contributed by atoms with Crippen LogP contribution in [0.1, 0.15) is 47.8 Å². The van der Waals surface area contributed by atoms with E-state index in [1.807, 2.05) is 40.0 Å². The second-order valence-electron chi connectivity index (χ2n) is 6.83. The highest BCUT2D eigenvalue weighted by atomic mass is 35.5. The van der Waals surface area contributed by atoms with Crippen molar-refractivity contribution in [2.24, 2.45) is 0 Å². The van der Waals surface area contributed by atoms with Gasteiger partial charge in [-0.2, -0.15) is 5.10 Å². The van der Waals surface area contributed by atoms with Crippen molar-refractivity contribution >= 4 is 18.3 Å². The number of hydrogen-bond donors (Lipinski definition) is 1. The molecular formula is C19H25ClN4O. The van der Waals surface area contributed by atoms with Crippen LogP contribution in [-0.4, -0.2) is 39.7 Å². The molecule has 25 heavy (non-hydrogen) atoms. The molecule has 134 valence electrons. The van der Waals surface area contributed by atoms with Gasteiger partial charge >= 0.3 is 0 Å². The van der Waals surface area contributed by atoms with Crippen molar-refractivity contribution in [3.63, 3.8) is 0 Å². The van der Waals surface area contributed by atoms with E-state index >= 15 is 0 Å². The van der Waals surface area contributed by atoms with E-state index in [0.29, 0.717) is 24.3 Å². The van der Waals surface area contributed by atoms with E-state index < -0.39 is 0 Å². The molecule has 1 unspecified atom stereocenters. The minimum Gasteiger partial charge on any atom is -0.330 e. The molecule has 1 aliphatic heterocycles. The summed E-state index contributed by atoms with van der Waals surface area (Å²) >= 11 is 0. The smallest absolute Gasteiger partial charge is 0.274 e. The Labute approximate surface area is 154 Å². The Balaban J connectivity index is 0.00000182. The lowest BCUT2D eigenvalue weighted by Gasteiger charge is -2.23. The Bertz CT molecular complexity index is 692. The lowest BCUT2D eigenvalue weighted by Crippen LogP contribution is -2.34. The fourth-order valence-corrected chi connectivity index (χ4v) is 3.39. The van der Waals surface area contributed by atoms with E-state index in [4.69, 9.17) is 0 Å². The van der Waals surface area contributed by atoms with Crippen molar-refractivity contribution in [1.29, 1.82) is 0 Å². The van der Waals surface area contributed by atoms with Gasteiger partial charge in [0.2, 0.25) is 0 Å². The van der Waals surface area contributed by atoms with Gasteiger partial charge in [-0.05, 0) is 43.9 Å². The van der Waals surface area contributed by atoms with Crippen molar-refractivity contribution in [3.05, 3.63) is 53.9 Å². The maximum absolute atomic E-state index is 13.0. The molecule has 1 saturated heterocycles. The van der Waals surface area contributed by atoms with E-state index in [2.05, 4.69) is 22.5 Å². The number of nitrogens with one attached hydrogen (secondary N) is 1. The highest BCUT2D eigenvalue weighted by molar-refractivity contribution is 5.92. The Hall–Kier alpha value is -1.85. The number of hydrogen-bond acceptors (Lipinski definition) is 3. The van der Waals surface area contributed by atoms with E-state index in [0.717, 1.165) is 38.8 Å². The lowest BCUT2D eigenvalue weighted by atomic mass is 10.1. The van der Waals surface area contributed by atoms with Crippen LogP contribution in [-0.2, 0) is 6.54 Å². The highest BCUT2D eigenvalue weighted by Gasteiger charge is 2.34. The third-order valence-corrected chi connectivity index (χ3v) is 4.92. The molecule has 4 rings (SSSR count). The van der Waals surface area contributed by atoms with Crippen LogP contribution in [0.3, 0.4) is 0 Å². The van der Waals surface area contributed by atoms with Crippen LogP contribution in [0.15, 0.2) is 42.6 Å². The molecule has 1 atom stereocenters. The van der Waals surface area contributed by atoms with Crippen LogP contribution in [0.5, 0.6) is 0 Å². The van der Waals surface area contributed by atoms with Crippen molar-refractivity contribution in [1.82, 2.24) is 20.0 Å². The van der Waals surface area contributed by atoms with E-state index in [-0.39, 0.29) is 18.3 Å². The topological polar surface area (TPSA) is 50.2 Å². The van der Waals surface area contributed by atoms with Gasteiger partial charge < -0.3 is 10.2 Å². The molecule has 1 aromatic heterocycles. The van der Waals surface area contributed by atoms with Crippen molar-refractivity contribution in [3.8, 4) is 0 Å². The van der Waals surface area contributed by atoms with Gasteiger partial charge in [0.15, 0.2) is 0 Å². The fraction of sp³-hybridized carbons (Fsp3) is 0.474. The van der Waals surface area contributed by atoms with Crippen molar-refractivity contribution < 1.29 is 4.79 Å². The van der Waals surface area contributed by atoms with Gasteiger partial charge in [0.05, 0.1) is 6.04 Å². The van der Waals surface area contributed by atoms with Gasteiger partial charge in [-0.1, -0.05) is 30.3 Å². The molecule has 1 amide bonds. The monoisotopic (exact) mass is 360 g/mol. The number of piperidine rings is 1. The third kappa shape index (κ3) is 4.22. The Morgan fingerprint density at radius 2 is 2.00 bits per heavy atom. The zero-order chi connectivity index (χ0) is 16.4. The summed E-state index contributed by atoms with van der Waals surface area (Å²) in [5.41, 5.74) is 1.75. The number of halogens is 1. The Morgan fingerprint density at radius 3 is 2.68 bits per heavy atom. The van der Waals surface area contributed by atoms with Gasteiger partial charge in [-0.25, -0.2) is 0 Å². The molecule has 1 N–H and O–H groups in total. The molecule has 6 heteroatoms. The second kappa shape index (κ2) is 8.02. The van der Waals surface area contributed by atoms with E-state index in [1.165, 1.54) is 5.56 Å². The maximum Gasteiger partial charge on any atom is 0.274 e. The first kappa shape index (κ1) is 18.0. The largest absolute Gasteiger partial charge is 0.330 e. The molecule has 0 spiro atoms. The molecule has 2 heterocycles. The minimum atomic E-state index is 0. The first-order valence-electron chi connectivity index (χ1n) is 8.92. The molecule has 5 nitrogen and oxygen atoms in total. The lowest BCUT2D eigenvalue weighted by molar-refractivity contribution is 0.0722. The summed E-state index contributed by atoms with van der Waals surface area (Å²) in [7, 11) is 0. The predicted octanol–water partition coefficient (Wildman–Crippen LogP) is 3.03. The quantitative estimate of drug-likeness (QED) is 0.891. The molecular weight excluding hydrogens is 336 g/mol. The van der Waals surface area contributed by atoms with E-state index in [9.17, 15) is 4.79 Å². The van der Waals surface area contributed by atoms with Crippen LogP contribution < -0.4 is 5.32 Å². The van der Waals surface area contributed by atoms with Crippen LogP contribution in [0, 0.1) is 0 Å². The maximum atomic E-state index is 13.0. The summed E-state index contributed by atoms with van der Waals surface area (Å²) < 4.78 is 1.97. The van der Waals surface area contributed by atoms with Crippen molar-refractivity contribution in [2.75, 3.05) is 13.1 Å². The second-order valence-corrected chi connectivity index (χ2v) is 6.83.